The van der Waals surface area contributed by atoms with Gasteiger partial charge in [-0.3, -0.25) is 9.59 Å². The van der Waals surface area contributed by atoms with Crippen molar-refractivity contribution < 1.29 is 22.4 Å². The molecule has 0 radical (unpaired) electrons. The van der Waals surface area contributed by atoms with Crippen LogP contribution < -0.4 is 5.32 Å². The van der Waals surface area contributed by atoms with E-state index in [1.807, 2.05) is 0 Å². The van der Waals surface area contributed by atoms with Crippen molar-refractivity contribution in [3.63, 3.8) is 0 Å². The number of halogens is 2. The molecule has 1 heterocycles. The minimum atomic E-state index is -4.28. The van der Waals surface area contributed by atoms with Gasteiger partial charge in [-0.25, -0.2) is 17.1 Å². The molecule has 3 rings (SSSR count). The van der Waals surface area contributed by atoms with Crippen LogP contribution in [-0.2, 0) is 19.6 Å². The average Bonchev–Trinajstić information content (AvgIpc) is 3.01. The highest BCUT2D eigenvalue weighted by Crippen LogP contribution is 2.29. The zero-order valence-corrected chi connectivity index (χ0v) is 15.8. The Kier molecular flexibility index (Phi) is 5.21. The highest BCUT2D eigenvalue weighted by molar-refractivity contribution is 7.89. The van der Waals surface area contributed by atoms with E-state index in [1.54, 1.807) is 25.1 Å². The highest BCUT2D eigenvalue weighted by Gasteiger charge is 2.44. The standard InChI is InChI=1S/C18H16ClFN2O4S/c1-11-2-5-13(10-15(11)19)21-18(24)16-8-9-17(23)22(16)27(25,26)14-6-3-12(20)4-7-14/h2-7,10,16H,8-9H2,1H3,(H,21,24)/t16-/m0/s1. The lowest BCUT2D eigenvalue weighted by Crippen LogP contribution is -2.45. The Hall–Kier alpha value is -2.45. The summed E-state index contributed by atoms with van der Waals surface area (Å²) in [5.41, 5.74) is 1.22. The topological polar surface area (TPSA) is 83.6 Å². The van der Waals surface area contributed by atoms with Crippen LogP contribution in [-0.4, -0.2) is 30.6 Å². The van der Waals surface area contributed by atoms with E-state index >= 15 is 0 Å². The predicted molar refractivity (Wildman–Crippen MR) is 98.3 cm³/mol. The van der Waals surface area contributed by atoms with Gasteiger partial charge in [0.15, 0.2) is 0 Å². The van der Waals surface area contributed by atoms with E-state index in [-0.39, 0.29) is 17.7 Å². The molecule has 2 aromatic rings. The Bertz CT molecular complexity index is 1010. The van der Waals surface area contributed by atoms with Gasteiger partial charge in [0.05, 0.1) is 4.90 Å². The molecule has 1 fully saturated rings. The largest absolute Gasteiger partial charge is 0.324 e. The molecule has 0 aromatic heterocycles. The monoisotopic (exact) mass is 410 g/mol. The Morgan fingerprint density at radius 3 is 2.52 bits per heavy atom. The minimum Gasteiger partial charge on any atom is -0.324 e. The van der Waals surface area contributed by atoms with Crippen molar-refractivity contribution in [2.45, 2.75) is 30.7 Å². The fourth-order valence-electron chi connectivity index (χ4n) is 2.82. The van der Waals surface area contributed by atoms with E-state index in [4.69, 9.17) is 11.6 Å². The Labute approximate surface area is 161 Å². The number of nitrogens with one attached hydrogen (secondary N) is 1. The van der Waals surface area contributed by atoms with Crippen LogP contribution in [0.25, 0.3) is 0 Å². The highest BCUT2D eigenvalue weighted by atomic mass is 35.5. The second-order valence-corrected chi connectivity index (χ2v) is 8.38. The number of aryl methyl sites for hydroxylation is 1. The Morgan fingerprint density at radius 1 is 1.22 bits per heavy atom. The van der Waals surface area contributed by atoms with Gasteiger partial charge in [0.2, 0.25) is 11.8 Å². The van der Waals surface area contributed by atoms with Gasteiger partial charge in [0, 0.05) is 17.1 Å². The zero-order valence-electron chi connectivity index (χ0n) is 14.3. The molecule has 1 saturated heterocycles. The molecule has 2 amide bonds. The van der Waals surface area contributed by atoms with Crippen LogP contribution in [0, 0.1) is 12.7 Å². The molecule has 1 atom stereocenters. The van der Waals surface area contributed by atoms with Crippen molar-refractivity contribution in [2.24, 2.45) is 0 Å². The van der Waals surface area contributed by atoms with Crippen molar-refractivity contribution in [3.05, 3.63) is 58.9 Å². The van der Waals surface area contributed by atoms with Gasteiger partial charge in [-0.1, -0.05) is 17.7 Å². The van der Waals surface area contributed by atoms with Gasteiger partial charge in [-0.2, -0.15) is 0 Å². The summed E-state index contributed by atoms with van der Waals surface area (Å²) in [5.74, 6) is -1.92. The lowest BCUT2D eigenvalue weighted by atomic mass is 10.2. The number of anilines is 1. The van der Waals surface area contributed by atoms with E-state index in [9.17, 15) is 22.4 Å². The van der Waals surface area contributed by atoms with E-state index in [1.165, 1.54) is 0 Å². The molecule has 0 saturated carbocycles. The average molecular weight is 411 g/mol. The van der Waals surface area contributed by atoms with Gasteiger partial charge in [-0.15, -0.1) is 0 Å². The minimum absolute atomic E-state index is 0.0602. The molecule has 0 unspecified atom stereocenters. The number of rotatable bonds is 4. The summed E-state index contributed by atoms with van der Waals surface area (Å²) in [6, 6.07) is 7.79. The van der Waals surface area contributed by atoms with Crippen LogP contribution in [0.4, 0.5) is 10.1 Å². The molecule has 0 spiro atoms. The third-order valence-corrected chi connectivity index (χ3v) is 6.52. The molecule has 0 aliphatic carbocycles. The van der Waals surface area contributed by atoms with Crippen LogP contribution in [0.1, 0.15) is 18.4 Å². The summed E-state index contributed by atoms with van der Waals surface area (Å²) in [4.78, 5) is 24.6. The number of hydrogen-bond donors (Lipinski definition) is 1. The summed E-state index contributed by atoms with van der Waals surface area (Å²) < 4.78 is 39.3. The molecule has 1 aliphatic heterocycles. The summed E-state index contributed by atoms with van der Waals surface area (Å²) >= 11 is 6.03. The quantitative estimate of drug-likeness (QED) is 0.839. The summed E-state index contributed by atoms with van der Waals surface area (Å²) in [6.07, 6.45) is -0.0160. The van der Waals surface area contributed by atoms with Crippen molar-refractivity contribution in [1.29, 1.82) is 0 Å². The molecule has 27 heavy (non-hydrogen) atoms. The molecular formula is C18H16ClFN2O4S. The van der Waals surface area contributed by atoms with Crippen LogP contribution in [0.15, 0.2) is 47.4 Å². The fraction of sp³-hybridized carbons (Fsp3) is 0.222. The molecule has 1 aliphatic rings. The first-order chi connectivity index (χ1) is 12.7. The zero-order chi connectivity index (χ0) is 19.8. The van der Waals surface area contributed by atoms with Crippen molar-refractivity contribution in [1.82, 2.24) is 4.31 Å². The van der Waals surface area contributed by atoms with Gasteiger partial charge in [0.1, 0.15) is 11.9 Å². The number of sulfonamides is 1. The number of amides is 2. The SMILES string of the molecule is Cc1ccc(NC(=O)[C@@H]2CCC(=O)N2S(=O)(=O)c2ccc(F)cc2)cc1Cl. The van der Waals surface area contributed by atoms with Gasteiger partial charge >= 0.3 is 0 Å². The number of benzene rings is 2. The first kappa shape index (κ1) is 19.3. The summed E-state index contributed by atoms with van der Waals surface area (Å²) in [7, 11) is -4.28. The van der Waals surface area contributed by atoms with Gasteiger partial charge < -0.3 is 5.32 Å². The van der Waals surface area contributed by atoms with Gasteiger partial charge in [0.25, 0.3) is 10.0 Å². The third-order valence-electron chi connectivity index (χ3n) is 4.27. The number of carbonyl (C=O) groups is 2. The summed E-state index contributed by atoms with van der Waals surface area (Å²) in [6.45, 7) is 1.81. The predicted octanol–water partition coefficient (Wildman–Crippen LogP) is 3.11. The van der Waals surface area contributed by atoms with Crippen LogP contribution in [0.3, 0.4) is 0 Å². The van der Waals surface area contributed by atoms with E-state index < -0.39 is 33.7 Å². The first-order valence-corrected chi connectivity index (χ1v) is 9.92. The maximum Gasteiger partial charge on any atom is 0.267 e. The maximum absolute atomic E-state index is 13.1. The second-order valence-electron chi connectivity index (χ2n) is 6.16. The molecule has 2 aromatic carbocycles. The third kappa shape index (κ3) is 3.81. The van der Waals surface area contributed by atoms with Crippen LogP contribution in [0.2, 0.25) is 5.02 Å². The smallest absolute Gasteiger partial charge is 0.267 e. The Balaban J connectivity index is 1.88. The van der Waals surface area contributed by atoms with E-state index in [0.29, 0.717) is 15.0 Å². The lowest BCUT2D eigenvalue weighted by molar-refractivity contribution is -0.128. The Morgan fingerprint density at radius 2 is 1.89 bits per heavy atom. The van der Waals surface area contributed by atoms with Crippen molar-refractivity contribution in [2.75, 3.05) is 5.32 Å². The van der Waals surface area contributed by atoms with Crippen LogP contribution in [0.5, 0.6) is 0 Å². The second kappa shape index (κ2) is 7.28. The molecular weight excluding hydrogens is 395 g/mol. The van der Waals surface area contributed by atoms with E-state index in [0.717, 1.165) is 29.8 Å². The fourth-order valence-corrected chi connectivity index (χ4v) is 4.60. The first-order valence-electron chi connectivity index (χ1n) is 8.10. The molecule has 1 N–H and O–H groups in total. The number of nitrogens with zero attached hydrogens (tertiary/aromatic N) is 1. The normalized spacial score (nSPS) is 17.2. The van der Waals surface area contributed by atoms with Crippen molar-refractivity contribution >= 4 is 39.1 Å². The number of carbonyl (C=O) groups excluding carboxylic acids is 2. The van der Waals surface area contributed by atoms with Crippen LogP contribution >= 0.6 is 11.6 Å². The molecule has 9 heteroatoms. The van der Waals surface area contributed by atoms with Gasteiger partial charge in [-0.05, 0) is 55.3 Å². The molecule has 142 valence electrons. The lowest BCUT2D eigenvalue weighted by Gasteiger charge is -2.23. The molecule has 6 nitrogen and oxygen atoms in total. The molecule has 0 bridgehead atoms. The van der Waals surface area contributed by atoms with E-state index in [2.05, 4.69) is 5.32 Å². The van der Waals surface area contributed by atoms with Crippen molar-refractivity contribution in [3.8, 4) is 0 Å². The maximum atomic E-state index is 13.1. The number of hydrogen-bond acceptors (Lipinski definition) is 4. The summed E-state index contributed by atoms with van der Waals surface area (Å²) in [5, 5.41) is 3.04.